The maximum Gasteiger partial charge on any atom is 0.339 e. The van der Waals surface area contributed by atoms with Gasteiger partial charge in [0.05, 0.1) is 12.4 Å². The number of amides is 1. The van der Waals surface area contributed by atoms with Crippen molar-refractivity contribution in [3.8, 4) is 0 Å². The van der Waals surface area contributed by atoms with Crippen LogP contribution in [0, 0.1) is 5.82 Å². The Hall–Kier alpha value is -2.97. The van der Waals surface area contributed by atoms with Gasteiger partial charge in [-0.2, -0.15) is 5.10 Å². The Morgan fingerprint density at radius 2 is 1.88 bits per heavy atom. The molecule has 0 bridgehead atoms. The van der Waals surface area contributed by atoms with E-state index in [-0.39, 0.29) is 17.2 Å². The number of piperazine rings is 1. The van der Waals surface area contributed by atoms with Crippen LogP contribution in [0.15, 0.2) is 24.5 Å². The fraction of sp³-hybridized carbons (Fsp3) is 0.333. The topological polar surface area (TPSA) is 91.6 Å². The van der Waals surface area contributed by atoms with E-state index in [4.69, 9.17) is 5.11 Å². The maximum absolute atomic E-state index is 12.9. The lowest BCUT2D eigenvalue weighted by Gasteiger charge is -2.35. The van der Waals surface area contributed by atoms with Gasteiger partial charge in [0.2, 0.25) is 0 Å². The number of aromatic carboxylic acids is 1. The highest BCUT2D eigenvalue weighted by Gasteiger charge is 2.28. The monoisotopic (exact) mass is 333 g/mol. The van der Waals surface area contributed by atoms with Crippen LogP contribution in [0.2, 0.25) is 0 Å². The molecule has 126 valence electrons. The van der Waals surface area contributed by atoms with Crippen molar-refractivity contribution in [1.29, 1.82) is 0 Å². The van der Waals surface area contributed by atoms with Crippen molar-refractivity contribution in [2.45, 2.75) is 0 Å². The van der Waals surface area contributed by atoms with Gasteiger partial charge < -0.3 is 14.9 Å². The molecule has 1 saturated heterocycles. The van der Waals surface area contributed by atoms with Crippen LogP contribution in [0.1, 0.15) is 20.8 Å². The van der Waals surface area contributed by atoms with Crippen molar-refractivity contribution in [3.05, 3.63) is 41.6 Å². The number of carbonyl (C=O) groups is 2. The second kappa shape index (κ2) is 6.26. The predicted octanol–water partition coefficient (Wildman–Crippen LogP) is 0.615. The second-order valence-corrected chi connectivity index (χ2v) is 5.45. The summed E-state index contributed by atoms with van der Waals surface area (Å²) in [5, 5.41) is 13.0. The number of carboxylic acid groups (broad SMARTS) is 1. The van der Waals surface area contributed by atoms with Crippen molar-refractivity contribution in [2.24, 2.45) is 7.05 Å². The van der Waals surface area contributed by atoms with E-state index in [1.165, 1.54) is 16.9 Å². The molecule has 0 radical (unpaired) electrons. The van der Waals surface area contributed by atoms with Crippen molar-refractivity contribution < 1.29 is 19.1 Å². The van der Waals surface area contributed by atoms with Crippen LogP contribution in [0.5, 0.6) is 0 Å². The first kappa shape index (κ1) is 15.9. The molecule has 0 aliphatic carbocycles. The number of pyridine rings is 1. The molecule has 1 aliphatic heterocycles. The van der Waals surface area contributed by atoms with Crippen LogP contribution in [0.3, 0.4) is 0 Å². The van der Waals surface area contributed by atoms with E-state index < -0.39 is 11.8 Å². The minimum Gasteiger partial charge on any atom is -0.478 e. The lowest BCUT2D eigenvalue weighted by Crippen LogP contribution is -2.49. The number of rotatable bonds is 3. The van der Waals surface area contributed by atoms with Crippen molar-refractivity contribution >= 4 is 17.7 Å². The zero-order chi connectivity index (χ0) is 17.3. The first-order chi connectivity index (χ1) is 11.5. The third kappa shape index (κ3) is 2.92. The number of hydrogen-bond acceptors (Lipinski definition) is 5. The molecule has 8 nitrogen and oxygen atoms in total. The summed E-state index contributed by atoms with van der Waals surface area (Å²) < 4.78 is 14.2. The van der Waals surface area contributed by atoms with Crippen molar-refractivity contribution in [2.75, 3.05) is 31.1 Å². The first-order valence-corrected chi connectivity index (χ1v) is 7.38. The van der Waals surface area contributed by atoms with E-state index in [0.29, 0.717) is 32.0 Å². The standard InChI is InChI=1S/C15H16FN5O3/c1-19-13(11(9-18-19)15(23)24)14(22)21-6-4-20(5-7-21)12-3-2-10(16)8-17-12/h2-3,8-9H,4-7H2,1H3,(H,23,24). The van der Waals surface area contributed by atoms with Gasteiger partial charge in [0.15, 0.2) is 0 Å². The first-order valence-electron chi connectivity index (χ1n) is 7.38. The molecule has 1 fully saturated rings. The lowest BCUT2D eigenvalue weighted by atomic mass is 10.2. The zero-order valence-corrected chi connectivity index (χ0v) is 13.0. The van der Waals surface area contributed by atoms with Gasteiger partial charge in [-0.05, 0) is 12.1 Å². The number of anilines is 1. The number of aryl methyl sites for hydroxylation is 1. The maximum atomic E-state index is 12.9. The van der Waals surface area contributed by atoms with Gasteiger partial charge in [-0.3, -0.25) is 9.48 Å². The van der Waals surface area contributed by atoms with Gasteiger partial charge in [0.1, 0.15) is 22.9 Å². The van der Waals surface area contributed by atoms with E-state index in [1.54, 1.807) is 18.0 Å². The van der Waals surface area contributed by atoms with E-state index in [0.717, 1.165) is 6.20 Å². The lowest BCUT2D eigenvalue weighted by molar-refractivity contribution is 0.0669. The molecule has 2 aromatic heterocycles. The molecule has 2 aromatic rings. The number of carboxylic acids is 1. The molecule has 24 heavy (non-hydrogen) atoms. The van der Waals surface area contributed by atoms with Crippen LogP contribution in [0.25, 0.3) is 0 Å². The Morgan fingerprint density at radius 1 is 1.17 bits per heavy atom. The van der Waals surface area contributed by atoms with Gasteiger partial charge in [-0.1, -0.05) is 0 Å². The summed E-state index contributed by atoms with van der Waals surface area (Å²) in [6.45, 7) is 1.90. The molecule has 0 spiro atoms. The van der Waals surface area contributed by atoms with E-state index in [2.05, 4.69) is 10.1 Å². The molecule has 0 aromatic carbocycles. The Kier molecular flexibility index (Phi) is 4.15. The van der Waals surface area contributed by atoms with Crippen LogP contribution in [-0.2, 0) is 7.05 Å². The third-order valence-electron chi connectivity index (χ3n) is 3.97. The Labute approximate surface area is 137 Å². The molecule has 0 unspecified atom stereocenters. The van der Waals surface area contributed by atoms with Crippen LogP contribution in [0.4, 0.5) is 10.2 Å². The number of nitrogens with zero attached hydrogens (tertiary/aromatic N) is 5. The highest BCUT2D eigenvalue weighted by Crippen LogP contribution is 2.17. The summed E-state index contributed by atoms with van der Waals surface area (Å²) in [6, 6.07) is 2.94. The molecule has 3 rings (SSSR count). The molecular formula is C15H16FN5O3. The Balaban J connectivity index is 1.71. The normalized spacial score (nSPS) is 14.8. The van der Waals surface area contributed by atoms with Crippen LogP contribution in [-0.4, -0.2) is 62.8 Å². The minimum atomic E-state index is -1.18. The van der Waals surface area contributed by atoms with Gasteiger partial charge in [0, 0.05) is 33.2 Å². The molecule has 9 heteroatoms. The summed E-state index contributed by atoms with van der Waals surface area (Å²) >= 11 is 0. The highest BCUT2D eigenvalue weighted by molar-refractivity contribution is 6.03. The van der Waals surface area contributed by atoms with E-state index >= 15 is 0 Å². The summed E-state index contributed by atoms with van der Waals surface area (Å²) in [5.74, 6) is -1.29. The molecule has 1 aliphatic rings. The summed E-state index contributed by atoms with van der Waals surface area (Å²) in [5.41, 5.74) is -0.0408. The predicted molar refractivity (Wildman–Crippen MR) is 82.5 cm³/mol. The van der Waals surface area contributed by atoms with E-state index in [9.17, 15) is 14.0 Å². The number of halogens is 1. The number of hydrogen-bond donors (Lipinski definition) is 1. The average molecular weight is 333 g/mol. The average Bonchev–Trinajstić information content (AvgIpc) is 2.97. The molecule has 1 N–H and O–H groups in total. The fourth-order valence-corrected chi connectivity index (χ4v) is 2.69. The molecule has 3 heterocycles. The smallest absolute Gasteiger partial charge is 0.339 e. The van der Waals surface area contributed by atoms with Gasteiger partial charge in [-0.25, -0.2) is 14.2 Å². The molecule has 1 amide bonds. The third-order valence-corrected chi connectivity index (χ3v) is 3.97. The van der Waals surface area contributed by atoms with Gasteiger partial charge in [0.25, 0.3) is 5.91 Å². The van der Waals surface area contributed by atoms with Gasteiger partial charge >= 0.3 is 5.97 Å². The molecule has 0 atom stereocenters. The second-order valence-electron chi connectivity index (χ2n) is 5.45. The highest BCUT2D eigenvalue weighted by atomic mass is 19.1. The van der Waals surface area contributed by atoms with Crippen molar-refractivity contribution in [1.82, 2.24) is 19.7 Å². The van der Waals surface area contributed by atoms with Gasteiger partial charge in [-0.15, -0.1) is 0 Å². The molecular weight excluding hydrogens is 317 g/mol. The fourth-order valence-electron chi connectivity index (χ4n) is 2.69. The zero-order valence-electron chi connectivity index (χ0n) is 13.0. The van der Waals surface area contributed by atoms with E-state index in [1.807, 2.05) is 4.90 Å². The summed E-state index contributed by atoms with van der Waals surface area (Å²) in [6.07, 6.45) is 2.33. The minimum absolute atomic E-state index is 0.0656. The summed E-state index contributed by atoms with van der Waals surface area (Å²) in [4.78, 5) is 31.4. The quantitative estimate of drug-likeness (QED) is 0.885. The SMILES string of the molecule is Cn1ncc(C(=O)O)c1C(=O)N1CCN(c2ccc(F)cn2)CC1. The van der Waals surface area contributed by atoms with Crippen LogP contribution >= 0.6 is 0 Å². The summed E-state index contributed by atoms with van der Waals surface area (Å²) in [7, 11) is 1.54. The van der Waals surface area contributed by atoms with Crippen LogP contribution < -0.4 is 4.90 Å². The number of carbonyl (C=O) groups excluding carboxylic acids is 1. The number of aromatic nitrogens is 3. The Bertz CT molecular complexity index is 766. The Morgan fingerprint density at radius 3 is 2.46 bits per heavy atom. The molecule has 0 saturated carbocycles. The van der Waals surface area contributed by atoms with Crippen molar-refractivity contribution in [3.63, 3.8) is 0 Å². The largest absolute Gasteiger partial charge is 0.478 e.